The van der Waals surface area contributed by atoms with Gasteiger partial charge in [-0.25, -0.2) is 14.4 Å². The lowest BCUT2D eigenvalue weighted by Crippen LogP contribution is -1.96. The average molecular weight is 216 g/mol. The number of hydrogen-bond donors (Lipinski definition) is 0. The second-order valence-electron chi connectivity index (χ2n) is 3.78. The van der Waals surface area contributed by atoms with E-state index >= 15 is 0 Å². The summed E-state index contributed by atoms with van der Waals surface area (Å²) < 4.78 is 12.7. The molecule has 0 unspecified atom stereocenters. The summed E-state index contributed by atoms with van der Waals surface area (Å²) in [4.78, 5) is 8.23. The van der Waals surface area contributed by atoms with Gasteiger partial charge in [0, 0.05) is 11.4 Å². The van der Waals surface area contributed by atoms with Crippen LogP contribution in [0.15, 0.2) is 36.7 Å². The Balaban J connectivity index is 1.99. The van der Waals surface area contributed by atoms with Gasteiger partial charge in [0.25, 0.3) is 0 Å². The number of aromatic nitrogens is 2. The monoisotopic (exact) mass is 216 g/mol. The molecule has 0 atom stereocenters. The third-order valence-electron chi connectivity index (χ3n) is 2.44. The second-order valence-corrected chi connectivity index (χ2v) is 3.78. The molecule has 0 saturated heterocycles. The van der Waals surface area contributed by atoms with Crippen molar-refractivity contribution in [1.29, 1.82) is 0 Å². The van der Waals surface area contributed by atoms with Crippen LogP contribution in [-0.2, 0) is 12.8 Å². The number of nitrogens with zero attached hydrogens (tertiary/aromatic N) is 2. The van der Waals surface area contributed by atoms with Crippen LogP contribution >= 0.6 is 0 Å². The van der Waals surface area contributed by atoms with E-state index < -0.39 is 0 Å². The molecule has 0 saturated carbocycles. The van der Waals surface area contributed by atoms with Crippen molar-refractivity contribution in [2.45, 2.75) is 19.8 Å². The number of aryl methyl sites for hydroxylation is 3. The van der Waals surface area contributed by atoms with Gasteiger partial charge in [-0.2, -0.15) is 0 Å². The minimum absolute atomic E-state index is 0.193. The quantitative estimate of drug-likeness (QED) is 0.788. The van der Waals surface area contributed by atoms with Crippen molar-refractivity contribution in [3.8, 4) is 0 Å². The molecule has 2 nitrogen and oxygen atoms in total. The van der Waals surface area contributed by atoms with Crippen LogP contribution in [0.25, 0.3) is 0 Å². The molecular formula is C13H13FN2. The smallest absolute Gasteiger partial charge is 0.123 e. The molecule has 0 bridgehead atoms. The molecule has 0 amide bonds. The van der Waals surface area contributed by atoms with Gasteiger partial charge in [0.05, 0.1) is 0 Å². The Morgan fingerprint density at radius 1 is 1.06 bits per heavy atom. The van der Waals surface area contributed by atoms with Gasteiger partial charge in [0.2, 0.25) is 0 Å². The van der Waals surface area contributed by atoms with E-state index in [0.29, 0.717) is 0 Å². The van der Waals surface area contributed by atoms with E-state index in [4.69, 9.17) is 0 Å². The highest BCUT2D eigenvalue weighted by Gasteiger charge is 1.98. The van der Waals surface area contributed by atoms with E-state index in [1.165, 1.54) is 12.1 Å². The van der Waals surface area contributed by atoms with E-state index in [2.05, 4.69) is 9.97 Å². The topological polar surface area (TPSA) is 25.8 Å². The summed E-state index contributed by atoms with van der Waals surface area (Å²) in [5.74, 6) is -0.193. The second kappa shape index (κ2) is 4.84. The molecule has 0 N–H and O–H groups in total. The Morgan fingerprint density at radius 3 is 2.50 bits per heavy atom. The van der Waals surface area contributed by atoms with Crippen molar-refractivity contribution in [3.05, 3.63) is 59.4 Å². The third-order valence-corrected chi connectivity index (χ3v) is 2.44. The van der Waals surface area contributed by atoms with Crippen molar-refractivity contribution >= 4 is 0 Å². The lowest BCUT2D eigenvalue weighted by molar-refractivity contribution is 0.627. The van der Waals surface area contributed by atoms with Crippen molar-refractivity contribution in [2.75, 3.05) is 0 Å². The SMILES string of the molecule is Cc1cc(CCc2ccc(F)cc2)ncn1. The Labute approximate surface area is 94.2 Å². The fourth-order valence-corrected chi connectivity index (χ4v) is 1.57. The Morgan fingerprint density at radius 2 is 1.81 bits per heavy atom. The Bertz CT molecular complexity index is 466. The number of hydrogen-bond acceptors (Lipinski definition) is 2. The minimum Gasteiger partial charge on any atom is -0.242 e. The van der Waals surface area contributed by atoms with Crippen LogP contribution < -0.4 is 0 Å². The molecule has 0 aliphatic rings. The molecule has 0 aliphatic heterocycles. The number of rotatable bonds is 3. The maximum absolute atomic E-state index is 12.7. The van der Waals surface area contributed by atoms with Crippen molar-refractivity contribution in [3.63, 3.8) is 0 Å². The molecule has 2 rings (SSSR count). The zero-order valence-corrected chi connectivity index (χ0v) is 9.15. The van der Waals surface area contributed by atoms with E-state index in [0.717, 1.165) is 29.8 Å². The highest BCUT2D eigenvalue weighted by atomic mass is 19.1. The largest absolute Gasteiger partial charge is 0.242 e. The predicted molar refractivity (Wildman–Crippen MR) is 60.6 cm³/mol. The molecule has 1 aromatic heterocycles. The van der Waals surface area contributed by atoms with Gasteiger partial charge in [-0.05, 0) is 43.5 Å². The minimum atomic E-state index is -0.193. The zero-order chi connectivity index (χ0) is 11.4. The molecule has 0 spiro atoms. The average Bonchev–Trinajstić information content (AvgIpc) is 2.28. The summed E-state index contributed by atoms with van der Waals surface area (Å²) in [5, 5.41) is 0. The number of benzene rings is 1. The van der Waals surface area contributed by atoms with E-state index in [-0.39, 0.29) is 5.82 Å². The van der Waals surface area contributed by atoms with Crippen molar-refractivity contribution < 1.29 is 4.39 Å². The van der Waals surface area contributed by atoms with Crippen LogP contribution in [0.1, 0.15) is 17.0 Å². The van der Waals surface area contributed by atoms with Crippen LogP contribution in [0, 0.1) is 12.7 Å². The Hall–Kier alpha value is -1.77. The fourth-order valence-electron chi connectivity index (χ4n) is 1.57. The van der Waals surface area contributed by atoms with Crippen molar-refractivity contribution in [2.24, 2.45) is 0 Å². The first-order chi connectivity index (χ1) is 7.74. The maximum atomic E-state index is 12.7. The lowest BCUT2D eigenvalue weighted by Gasteiger charge is -2.01. The molecule has 1 heterocycles. The van der Waals surface area contributed by atoms with Gasteiger partial charge < -0.3 is 0 Å². The fraction of sp³-hybridized carbons (Fsp3) is 0.231. The summed E-state index contributed by atoms with van der Waals surface area (Å²) in [6.07, 6.45) is 3.31. The standard InChI is InChI=1S/C13H13FN2/c1-10-8-13(16-9-15-10)7-4-11-2-5-12(14)6-3-11/h2-3,5-6,8-9H,4,7H2,1H3. The Kier molecular flexibility index (Phi) is 3.25. The van der Waals surface area contributed by atoms with Gasteiger partial charge in [-0.3, -0.25) is 0 Å². The predicted octanol–water partition coefficient (Wildman–Crippen LogP) is 2.71. The maximum Gasteiger partial charge on any atom is 0.123 e. The molecule has 82 valence electrons. The van der Waals surface area contributed by atoms with Gasteiger partial charge in [0.15, 0.2) is 0 Å². The normalized spacial score (nSPS) is 10.4. The van der Waals surface area contributed by atoms with Crippen LogP contribution in [0.2, 0.25) is 0 Å². The summed E-state index contributed by atoms with van der Waals surface area (Å²) in [6, 6.07) is 8.57. The molecule has 0 fully saturated rings. The van der Waals surface area contributed by atoms with Crippen LogP contribution in [0.3, 0.4) is 0 Å². The molecule has 0 aliphatic carbocycles. The first kappa shape index (κ1) is 10.7. The zero-order valence-electron chi connectivity index (χ0n) is 9.15. The van der Waals surface area contributed by atoms with E-state index in [1.54, 1.807) is 6.33 Å². The van der Waals surface area contributed by atoms with Gasteiger partial charge in [0.1, 0.15) is 12.1 Å². The van der Waals surface area contributed by atoms with Crippen LogP contribution in [0.5, 0.6) is 0 Å². The lowest BCUT2D eigenvalue weighted by atomic mass is 10.1. The molecule has 0 radical (unpaired) electrons. The van der Waals surface area contributed by atoms with Crippen molar-refractivity contribution in [1.82, 2.24) is 9.97 Å². The summed E-state index contributed by atoms with van der Waals surface area (Å²) in [7, 11) is 0. The first-order valence-electron chi connectivity index (χ1n) is 5.26. The van der Waals surface area contributed by atoms with E-state index in [9.17, 15) is 4.39 Å². The van der Waals surface area contributed by atoms with E-state index in [1.807, 2.05) is 25.1 Å². The van der Waals surface area contributed by atoms with Gasteiger partial charge >= 0.3 is 0 Å². The number of halogens is 1. The molecule has 16 heavy (non-hydrogen) atoms. The highest BCUT2D eigenvalue weighted by molar-refractivity contribution is 5.18. The molecule has 3 heteroatoms. The molecule has 1 aromatic carbocycles. The van der Waals surface area contributed by atoms with Crippen LogP contribution in [-0.4, -0.2) is 9.97 Å². The van der Waals surface area contributed by atoms with Gasteiger partial charge in [-0.15, -0.1) is 0 Å². The summed E-state index contributed by atoms with van der Waals surface area (Å²) >= 11 is 0. The first-order valence-corrected chi connectivity index (χ1v) is 5.26. The molecule has 2 aromatic rings. The molecular weight excluding hydrogens is 203 g/mol. The third kappa shape index (κ3) is 2.86. The highest BCUT2D eigenvalue weighted by Crippen LogP contribution is 2.07. The summed E-state index contributed by atoms with van der Waals surface area (Å²) in [6.45, 7) is 1.95. The van der Waals surface area contributed by atoms with Crippen LogP contribution in [0.4, 0.5) is 4.39 Å². The van der Waals surface area contributed by atoms with Gasteiger partial charge in [-0.1, -0.05) is 12.1 Å². The summed E-state index contributed by atoms with van der Waals surface area (Å²) in [5.41, 5.74) is 3.12.